The van der Waals surface area contributed by atoms with E-state index in [0.29, 0.717) is 11.6 Å². The third-order valence-corrected chi connectivity index (χ3v) is 3.24. The number of nitrogens with zero attached hydrogens (tertiary/aromatic N) is 2. The lowest BCUT2D eigenvalue weighted by Gasteiger charge is -2.10. The molecule has 18 heavy (non-hydrogen) atoms. The van der Waals surface area contributed by atoms with Gasteiger partial charge >= 0.3 is 0 Å². The molecule has 0 aliphatic heterocycles. The van der Waals surface area contributed by atoms with Crippen molar-refractivity contribution in [1.29, 1.82) is 0 Å². The summed E-state index contributed by atoms with van der Waals surface area (Å²) in [6.45, 7) is 1.38. The molecule has 2 aromatic rings. The maximum atomic E-state index is 6.15. The summed E-state index contributed by atoms with van der Waals surface area (Å²) in [5.41, 5.74) is 0.824. The van der Waals surface area contributed by atoms with E-state index < -0.39 is 0 Å². The Kier molecular flexibility index (Phi) is 4.63. The summed E-state index contributed by atoms with van der Waals surface area (Å²) < 4.78 is 7.97. The topological polar surface area (TPSA) is 39.1 Å². The molecule has 0 bridgehead atoms. The average Bonchev–Trinajstić information content (AvgIpc) is 2.77. The summed E-state index contributed by atoms with van der Waals surface area (Å²) in [6, 6.07) is 5.67. The van der Waals surface area contributed by atoms with Crippen molar-refractivity contribution in [3.8, 4) is 0 Å². The van der Waals surface area contributed by atoms with Gasteiger partial charge in [-0.2, -0.15) is 0 Å². The molecule has 1 N–H and O–H groups in total. The van der Waals surface area contributed by atoms with Gasteiger partial charge in [0.15, 0.2) is 0 Å². The molecule has 1 aromatic heterocycles. The van der Waals surface area contributed by atoms with E-state index in [4.69, 9.17) is 16.3 Å². The standard InChI is InChI=1S/C12H13BrClN3O/c1-18-7-6-17-5-4-15-12(17)16-11-3-2-9(13)8-10(11)14/h2-5,8H,6-7H2,1H3,(H,15,16). The first kappa shape index (κ1) is 13.4. The Hall–Kier alpha value is -1.04. The summed E-state index contributed by atoms with van der Waals surface area (Å²) in [5, 5.41) is 3.84. The van der Waals surface area contributed by atoms with E-state index in [1.165, 1.54) is 0 Å². The van der Waals surface area contributed by atoms with Crippen LogP contribution in [0.5, 0.6) is 0 Å². The van der Waals surface area contributed by atoms with Crippen LogP contribution < -0.4 is 5.32 Å². The summed E-state index contributed by atoms with van der Waals surface area (Å²) in [4.78, 5) is 4.25. The number of rotatable bonds is 5. The van der Waals surface area contributed by atoms with Gasteiger partial charge in [-0.1, -0.05) is 27.5 Å². The second-order valence-electron chi connectivity index (χ2n) is 3.69. The van der Waals surface area contributed by atoms with Gasteiger partial charge in [0.25, 0.3) is 0 Å². The van der Waals surface area contributed by atoms with Crippen LogP contribution in [0.2, 0.25) is 5.02 Å². The summed E-state index contributed by atoms with van der Waals surface area (Å²) in [5.74, 6) is 0.747. The van der Waals surface area contributed by atoms with E-state index in [-0.39, 0.29) is 0 Å². The van der Waals surface area contributed by atoms with Gasteiger partial charge in [0.2, 0.25) is 5.95 Å². The minimum Gasteiger partial charge on any atom is -0.383 e. The van der Waals surface area contributed by atoms with E-state index in [2.05, 4.69) is 26.2 Å². The van der Waals surface area contributed by atoms with E-state index in [9.17, 15) is 0 Å². The average molecular weight is 331 g/mol. The van der Waals surface area contributed by atoms with Gasteiger partial charge in [-0.05, 0) is 18.2 Å². The summed E-state index contributed by atoms with van der Waals surface area (Å²) >= 11 is 9.52. The second kappa shape index (κ2) is 6.22. The molecular weight excluding hydrogens is 318 g/mol. The fourth-order valence-electron chi connectivity index (χ4n) is 1.51. The first-order valence-corrected chi connectivity index (χ1v) is 6.60. The first-order valence-electron chi connectivity index (χ1n) is 5.43. The minimum absolute atomic E-state index is 0.638. The molecule has 0 radical (unpaired) electrons. The smallest absolute Gasteiger partial charge is 0.207 e. The number of methoxy groups -OCH3 is 1. The molecule has 0 saturated heterocycles. The van der Waals surface area contributed by atoms with Crippen LogP contribution in [-0.4, -0.2) is 23.3 Å². The molecule has 0 atom stereocenters. The molecule has 0 saturated carbocycles. The molecule has 2 rings (SSSR count). The van der Waals surface area contributed by atoms with Gasteiger partial charge in [0.05, 0.1) is 17.3 Å². The molecule has 96 valence electrons. The van der Waals surface area contributed by atoms with Gasteiger partial charge in [-0.3, -0.25) is 0 Å². The Morgan fingerprint density at radius 2 is 2.33 bits per heavy atom. The van der Waals surface area contributed by atoms with Crippen LogP contribution >= 0.6 is 27.5 Å². The maximum Gasteiger partial charge on any atom is 0.207 e. The number of nitrogens with one attached hydrogen (secondary N) is 1. The number of hydrogen-bond donors (Lipinski definition) is 1. The monoisotopic (exact) mass is 329 g/mol. The van der Waals surface area contributed by atoms with E-state index >= 15 is 0 Å². The lowest BCUT2D eigenvalue weighted by atomic mass is 10.3. The first-order chi connectivity index (χ1) is 8.70. The SMILES string of the molecule is COCCn1ccnc1Nc1ccc(Br)cc1Cl. The number of ether oxygens (including phenoxy) is 1. The molecule has 1 heterocycles. The molecule has 0 aliphatic carbocycles. The minimum atomic E-state index is 0.638. The van der Waals surface area contributed by atoms with Crippen LogP contribution in [-0.2, 0) is 11.3 Å². The van der Waals surface area contributed by atoms with Crippen LogP contribution in [0.3, 0.4) is 0 Å². The Morgan fingerprint density at radius 1 is 1.50 bits per heavy atom. The Labute approximate surface area is 119 Å². The maximum absolute atomic E-state index is 6.15. The molecule has 0 fully saturated rings. The normalized spacial score (nSPS) is 10.6. The lowest BCUT2D eigenvalue weighted by Crippen LogP contribution is -2.07. The zero-order chi connectivity index (χ0) is 13.0. The zero-order valence-electron chi connectivity index (χ0n) is 9.86. The van der Waals surface area contributed by atoms with Gasteiger partial charge in [-0.25, -0.2) is 4.98 Å². The zero-order valence-corrected chi connectivity index (χ0v) is 12.2. The van der Waals surface area contributed by atoms with Crippen molar-refractivity contribution in [2.45, 2.75) is 6.54 Å². The molecule has 0 spiro atoms. The number of aromatic nitrogens is 2. The third kappa shape index (κ3) is 3.25. The molecule has 0 aliphatic rings. The largest absolute Gasteiger partial charge is 0.383 e. The van der Waals surface area contributed by atoms with Crippen molar-refractivity contribution >= 4 is 39.2 Å². The van der Waals surface area contributed by atoms with Crippen molar-refractivity contribution in [2.75, 3.05) is 19.0 Å². The Morgan fingerprint density at radius 3 is 3.06 bits per heavy atom. The van der Waals surface area contributed by atoms with Crippen molar-refractivity contribution in [1.82, 2.24) is 9.55 Å². The van der Waals surface area contributed by atoms with Gasteiger partial charge in [0, 0.05) is 30.5 Å². The highest BCUT2D eigenvalue weighted by molar-refractivity contribution is 9.10. The quantitative estimate of drug-likeness (QED) is 0.909. The van der Waals surface area contributed by atoms with Crippen LogP contribution in [0.25, 0.3) is 0 Å². The van der Waals surface area contributed by atoms with Crippen molar-refractivity contribution in [2.24, 2.45) is 0 Å². The summed E-state index contributed by atoms with van der Waals surface area (Å²) in [6.07, 6.45) is 3.64. The van der Waals surface area contributed by atoms with Crippen molar-refractivity contribution in [3.05, 3.63) is 40.1 Å². The van der Waals surface area contributed by atoms with E-state index in [1.807, 2.05) is 29.0 Å². The highest BCUT2D eigenvalue weighted by atomic mass is 79.9. The number of halogens is 2. The molecule has 0 amide bonds. The van der Waals surface area contributed by atoms with Crippen LogP contribution in [0, 0.1) is 0 Å². The van der Waals surface area contributed by atoms with E-state index in [0.717, 1.165) is 22.7 Å². The highest BCUT2D eigenvalue weighted by Gasteiger charge is 2.06. The molecule has 0 unspecified atom stereocenters. The van der Waals surface area contributed by atoms with Gasteiger partial charge in [-0.15, -0.1) is 0 Å². The predicted molar refractivity (Wildman–Crippen MR) is 76.5 cm³/mol. The van der Waals surface area contributed by atoms with Gasteiger partial charge < -0.3 is 14.6 Å². The molecule has 4 nitrogen and oxygen atoms in total. The molecular formula is C12H13BrClN3O. The third-order valence-electron chi connectivity index (χ3n) is 2.43. The fourth-order valence-corrected chi connectivity index (χ4v) is 2.24. The van der Waals surface area contributed by atoms with Crippen molar-refractivity contribution < 1.29 is 4.74 Å². The lowest BCUT2D eigenvalue weighted by molar-refractivity contribution is 0.188. The fraction of sp³-hybridized carbons (Fsp3) is 0.250. The van der Waals surface area contributed by atoms with Crippen molar-refractivity contribution in [3.63, 3.8) is 0 Å². The van der Waals surface area contributed by atoms with Crippen LogP contribution in [0.15, 0.2) is 35.1 Å². The number of hydrogen-bond acceptors (Lipinski definition) is 3. The van der Waals surface area contributed by atoms with Crippen LogP contribution in [0.4, 0.5) is 11.6 Å². The van der Waals surface area contributed by atoms with Gasteiger partial charge in [0.1, 0.15) is 0 Å². The Balaban J connectivity index is 2.15. The number of anilines is 2. The van der Waals surface area contributed by atoms with Crippen LogP contribution in [0.1, 0.15) is 0 Å². The molecule has 1 aromatic carbocycles. The van der Waals surface area contributed by atoms with E-state index in [1.54, 1.807) is 13.3 Å². The molecule has 6 heteroatoms. The second-order valence-corrected chi connectivity index (χ2v) is 5.01. The Bertz CT molecular complexity index is 530. The number of imidazole rings is 1. The number of benzene rings is 1. The predicted octanol–water partition coefficient (Wildman–Crippen LogP) is 3.69. The highest BCUT2D eigenvalue weighted by Crippen LogP contribution is 2.27. The summed E-state index contributed by atoms with van der Waals surface area (Å²) in [7, 11) is 1.68.